The molecule has 0 saturated heterocycles. The Morgan fingerprint density at radius 1 is 1.17 bits per heavy atom. The fourth-order valence-corrected chi connectivity index (χ4v) is 3.10. The molecule has 0 atom stereocenters. The highest BCUT2D eigenvalue weighted by Gasteiger charge is 2.21. The number of hydrogen-bond acceptors (Lipinski definition) is 4. The Balaban J connectivity index is 2.53. The molecule has 0 spiro atoms. The summed E-state index contributed by atoms with van der Waals surface area (Å²) in [7, 11) is 0. The maximum Gasteiger partial charge on any atom is 0.407 e. The summed E-state index contributed by atoms with van der Waals surface area (Å²) in [5.41, 5.74) is 0.00779. The van der Waals surface area contributed by atoms with E-state index in [1.807, 2.05) is 45.0 Å². The highest BCUT2D eigenvalue weighted by molar-refractivity contribution is 5.88. The lowest BCUT2D eigenvalue weighted by Gasteiger charge is -2.23. The smallest absolute Gasteiger partial charge is 0.407 e. The van der Waals surface area contributed by atoms with Crippen LogP contribution >= 0.6 is 0 Å². The number of benzene rings is 1. The first-order valence-corrected chi connectivity index (χ1v) is 10.4. The monoisotopic (exact) mass is 402 g/mol. The van der Waals surface area contributed by atoms with Crippen molar-refractivity contribution in [2.45, 2.75) is 73.1 Å². The number of hydrogen-bond donors (Lipinski definition) is 1. The van der Waals surface area contributed by atoms with Crippen molar-refractivity contribution in [3.05, 3.63) is 40.3 Å². The molecule has 2 aromatic rings. The largest absolute Gasteiger partial charge is 0.491 e. The zero-order valence-corrected chi connectivity index (χ0v) is 18.5. The summed E-state index contributed by atoms with van der Waals surface area (Å²) in [5.74, 6) is 0.919. The molecule has 0 fully saturated rings. The quantitative estimate of drug-likeness (QED) is 0.640. The van der Waals surface area contributed by atoms with E-state index in [0.29, 0.717) is 30.0 Å². The normalized spacial score (nSPS) is 11.7. The highest BCUT2D eigenvalue weighted by atomic mass is 16.6. The number of nitrogens with zero attached hydrogens (tertiary/aromatic N) is 1. The van der Waals surface area contributed by atoms with Crippen molar-refractivity contribution in [2.75, 3.05) is 6.61 Å². The Bertz CT molecular complexity index is 894. The molecule has 0 aliphatic carbocycles. The molecule has 0 saturated carbocycles. The number of nitrogens with one attached hydrogen (secondary N) is 1. The predicted octanol–water partition coefficient (Wildman–Crippen LogP) is 4.86. The third-order valence-electron chi connectivity index (χ3n) is 4.33. The van der Waals surface area contributed by atoms with Crippen LogP contribution in [0, 0.1) is 5.92 Å². The first-order valence-electron chi connectivity index (χ1n) is 10.4. The third-order valence-corrected chi connectivity index (χ3v) is 4.33. The van der Waals surface area contributed by atoms with Crippen LogP contribution in [0.15, 0.2) is 29.1 Å². The molecule has 29 heavy (non-hydrogen) atoms. The predicted molar refractivity (Wildman–Crippen MR) is 117 cm³/mol. The molecule has 6 nitrogen and oxygen atoms in total. The first kappa shape index (κ1) is 22.8. The van der Waals surface area contributed by atoms with Gasteiger partial charge in [0.25, 0.3) is 5.56 Å². The number of ether oxygens (including phenoxy) is 2. The molecule has 1 amide bonds. The van der Waals surface area contributed by atoms with Gasteiger partial charge in [0.05, 0.1) is 24.2 Å². The average Bonchev–Trinajstić information content (AvgIpc) is 2.62. The van der Waals surface area contributed by atoms with Crippen LogP contribution in [0.4, 0.5) is 4.79 Å². The van der Waals surface area contributed by atoms with E-state index in [9.17, 15) is 9.59 Å². The summed E-state index contributed by atoms with van der Waals surface area (Å²) in [6, 6.07) is 7.48. The lowest BCUT2D eigenvalue weighted by molar-refractivity contribution is 0.0521. The maximum absolute atomic E-state index is 13.2. The highest BCUT2D eigenvalue weighted by Crippen LogP contribution is 2.29. The number of amides is 1. The topological polar surface area (TPSA) is 69.6 Å². The molecular weight excluding hydrogens is 368 g/mol. The van der Waals surface area contributed by atoms with E-state index in [-0.39, 0.29) is 18.0 Å². The van der Waals surface area contributed by atoms with Gasteiger partial charge in [0.15, 0.2) is 0 Å². The van der Waals surface area contributed by atoms with Crippen molar-refractivity contribution in [2.24, 2.45) is 5.92 Å². The van der Waals surface area contributed by atoms with Crippen molar-refractivity contribution in [1.29, 1.82) is 0 Å². The van der Waals surface area contributed by atoms with Gasteiger partial charge in [0.1, 0.15) is 11.4 Å². The summed E-state index contributed by atoms with van der Waals surface area (Å²) in [5, 5.41) is 4.19. The number of carbonyl (C=O) groups excluding carboxylic acids is 1. The minimum atomic E-state index is -0.592. The van der Waals surface area contributed by atoms with Crippen LogP contribution in [0.5, 0.6) is 5.75 Å². The molecule has 160 valence electrons. The number of pyridine rings is 1. The number of rotatable bonds is 8. The molecule has 1 aromatic heterocycles. The molecule has 0 bridgehead atoms. The van der Waals surface area contributed by atoms with Gasteiger partial charge in [-0.1, -0.05) is 45.4 Å². The zero-order chi connectivity index (χ0) is 21.6. The fourth-order valence-electron chi connectivity index (χ4n) is 3.10. The zero-order valence-electron chi connectivity index (χ0n) is 18.5. The first-order chi connectivity index (χ1) is 13.6. The summed E-state index contributed by atoms with van der Waals surface area (Å²) >= 11 is 0. The van der Waals surface area contributed by atoms with Crippen LogP contribution in [0.25, 0.3) is 10.8 Å². The van der Waals surface area contributed by atoms with Crippen LogP contribution in [0.2, 0.25) is 0 Å². The Kier molecular flexibility index (Phi) is 7.71. The van der Waals surface area contributed by atoms with Gasteiger partial charge in [-0.25, -0.2) is 4.79 Å². The standard InChI is InChI=1S/C23H34N2O4/c1-7-8-13-28-20-17-11-9-10-12-18(17)21(26)25(15-16(2)3)19(20)14-24-22(27)29-23(4,5)6/h9-12,16H,7-8,13-15H2,1-6H3,(H,24,27). The average molecular weight is 403 g/mol. The lowest BCUT2D eigenvalue weighted by atomic mass is 10.1. The lowest BCUT2D eigenvalue weighted by Crippen LogP contribution is -2.35. The number of alkyl carbamates (subject to hydrolysis) is 1. The number of unbranched alkanes of at least 4 members (excludes halogenated alkanes) is 1. The van der Waals surface area contributed by atoms with Crippen LogP contribution in [0.1, 0.15) is 60.1 Å². The van der Waals surface area contributed by atoms with E-state index in [2.05, 4.69) is 26.1 Å². The Labute approximate surface area is 173 Å². The number of carbonyl (C=O) groups is 1. The summed E-state index contributed by atoms with van der Waals surface area (Å²) in [4.78, 5) is 25.4. The second-order valence-corrected chi connectivity index (χ2v) is 8.69. The molecule has 1 N–H and O–H groups in total. The fraction of sp³-hybridized carbons (Fsp3) is 0.565. The van der Waals surface area contributed by atoms with E-state index < -0.39 is 11.7 Å². The van der Waals surface area contributed by atoms with E-state index >= 15 is 0 Å². The van der Waals surface area contributed by atoms with Crippen LogP contribution in [-0.2, 0) is 17.8 Å². The SMILES string of the molecule is CCCCOc1c(CNC(=O)OC(C)(C)C)n(CC(C)C)c(=O)c2ccccc12. The molecule has 6 heteroatoms. The van der Waals surface area contributed by atoms with Gasteiger partial charge in [-0.3, -0.25) is 4.79 Å². The van der Waals surface area contributed by atoms with E-state index in [1.165, 1.54) is 0 Å². The second kappa shape index (κ2) is 9.81. The summed E-state index contributed by atoms with van der Waals surface area (Å²) in [6.07, 6.45) is 1.40. The van der Waals surface area contributed by atoms with Gasteiger partial charge in [-0.15, -0.1) is 0 Å². The van der Waals surface area contributed by atoms with E-state index in [1.54, 1.807) is 4.57 Å². The maximum atomic E-state index is 13.2. The van der Waals surface area contributed by atoms with Crippen molar-refractivity contribution < 1.29 is 14.3 Å². The molecule has 0 aliphatic heterocycles. The van der Waals surface area contributed by atoms with Gasteiger partial charge in [0.2, 0.25) is 0 Å². The molecule has 0 unspecified atom stereocenters. The van der Waals surface area contributed by atoms with Crippen LogP contribution in [-0.4, -0.2) is 22.9 Å². The minimum Gasteiger partial charge on any atom is -0.491 e. The Hall–Kier alpha value is -2.50. The van der Waals surface area contributed by atoms with Crippen molar-refractivity contribution in [3.63, 3.8) is 0 Å². The van der Waals surface area contributed by atoms with Crippen molar-refractivity contribution in [1.82, 2.24) is 9.88 Å². The van der Waals surface area contributed by atoms with Crippen LogP contribution in [0.3, 0.4) is 0 Å². The Morgan fingerprint density at radius 2 is 1.83 bits per heavy atom. The number of fused-ring (bicyclic) bond motifs is 1. The summed E-state index contributed by atoms with van der Waals surface area (Å²) < 4.78 is 13.2. The van der Waals surface area contributed by atoms with Gasteiger partial charge in [-0.2, -0.15) is 0 Å². The van der Waals surface area contributed by atoms with Gasteiger partial charge >= 0.3 is 6.09 Å². The molecule has 1 aromatic carbocycles. The molecule has 0 radical (unpaired) electrons. The van der Waals surface area contributed by atoms with E-state index in [0.717, 1.165) is 18.2 Å². The molecule has 0 aliphatic rings. The van der Waals surface area contributed by atoms with Crippen LogP contribution < -0.4 is 15.6 Å². The molecule has 2 rings (SSSR count). The van der Waals surface area contributed by atoms with Crippen molar-refractivity contribution >= 4 is 16.9 Å². The Morgan fingerprint density at radius 3 is 2.41 bits per heavy atom. The van der Waals surface area contributed by atoms with E-state index in [4.69, 9.17) is 9.47 Å². The minimum absolute atomic E-state index is 0.0712. The molecular formula is C23H34N2O4. The third kappa shape index (κ3) is 6.24. The van der Waals surface area contributed by atoms with Crippen molar-refractivity contribution in [3.8, 4) is 5.75 Å². The van der Waals surface area contributed by atoms with Gasteiger partial charge in [-0.05, 0) is 39.2 Å². The number of aromatic nitrogens is 1. The summed E-state index contributed by atoms with van der Waals surface area (Å²) in [6.45, 7) is 12.9. The molecule has 1 heterocycles. The van der Waals surface area contributed by atoms with Gasteiger partial charge < -0.3 is 19.4 Å². The van der Waals surface area contributed by atoms with Gasteiger partial charge in [0, 0.05) is 11.9 Å². The second-order valence-electron chi connectivity index (χ2n) is 8.69.